The SMILES string of the molecule is O=C(CNc1nc(Nc2ccccc2F)nc(Nc2ccccc2F)n1)Nc1ccc(F)cc1. The molecule has 4 aromatic rings. The molecule has 11 heteroatoms. The van der Waals surface area contributed by atoms with E-state index in [2.05, 4.69) is 36.2 Å². The van der Waals surface area contributed by atoms with Gasteiger partial charge in [0.05, 0.1) is 17.9 Å². The Morgan fingerprint density at radius 3 is 1.71 bits per heavy atom. The van der Waals surface area contributed by atoms with Gasteiger partial charge in [0.15, 0.2) is 0 Å². The molecular formula is C23H18F3N7O. The molecule has 3 aromatic carbocycles. The van der Waals surface area contributed by atoms with Gasteiger partial charge in [-0.15, -0.1) is 0 Å². The van der Waals surface area contributed by atoms with E-state index in [0.717, 1.165) is 0 Å². The third-order valence-electron chi connectivity index (χ3n) is 4.41. The van der Waals surface area contributed by atoms with Gasteiger partial charge in [-0.3, -0.25) is 4.79 Å². The number of nitrogens with zero attached hydrogens (tertiary/aromatic N) is 3. The van der Waals surface area contributed by atoms with Gasteiger partial charge in [-0.05, 0) is 48.5 Å². The number of aromatic nitrogens is 3. The molecule has 0 spiro atoms. The standard InChI is InChI=1S/C23H18F3N7O/c24-14-9-11-15(12-10-14)28-20(34)13-27-21-31-22(29-18-7-3-1-5-16(18)25)33-23(32-21)30-19-8-4-2-6-17(19)26/h1-12H,13H2,(H,28,34)(H3,27,29,30,31,32,33). The lowest BCUT2D eigenvalue weighted by Gasteiger charge is -2.12. The Hall–Kier alpha value is -4.67. The molecule has 0 fully saturated rings. The first-order valence-electron chi connectivity index (χ1n) is 10.0. The van der Waals surface area contributed by atoms with Gasteiger partial charge in [0, 0.05) is 5.69 Å². The summed E-state index contributed by atoms with van der Waals surface area (Å²) in [4.78, 5) is 24.7. The lowest BCUT2D eigenvalue weighted by molar-refractivity contribution is -0.114. The zero-order valence-electron chi connectivity index (χ0n) is 17.5. The zero-order valence-corrected chi connectivity index (χ0v) is 17.5. The quantitative estimate of drug-likeness (QED) is 0.296. The van der Waals surface area contributed by atoms with Crippen LogP contribution in [0.15, 0.2) is 72.8 Å². The van der Waals surface area contributed by atoms with Crippen molar-refractivity contribution >= 4 is 40.8 Å². The van der Waals surface area contributed by atoms with Crippen LogP contribution in [-0.2, 0) is 4.79 Å². The summed E-state index contributed by atoms with van der Waals surface area (Å²) in [6.07, 6.45) is 0. The van der Waals surface area contributed by atoms with Crippen LogP contribution in [0.4, 0.5) is 48.1 Å². The van der Waals surface area contributed by atoms with Gasteiger partial charge in [0.1, 0.15) is 17.5 Å². The first kappa shape index (κ1) is 22.5. The highest BCUT2D eigenvalue weighted by Crippen LogP contribution is 2.21. The highest BCUT2D eigenvalue weighted by molar-refractivity contribution is 5.93. The molecule has 0 aliphatic carbocycles. The van der Waals surface area contributed by atoms with E-state index in [0.29, 0.717) is 5.69 Å². The lowest BCUT2D eigenvalue weighted by Crippen LogP contribution is -2.23. The molecule has 1 amide bonds. The minimum atomic E-state index is -0.528. The number of hydrogen-bond acceptors (Lipinski definition) is 7. The van der Waals surface area contributed by atoms with Gasteiger partial charge >= 0.3 is 0 Å². The summed E-state index contributed by atoms with van der Waals surface area (Å²) < 4.78 is 41.2. The van der Waals surface area contributed by atoms with Crippen molar-refractivity contribution in [1.29, 1.82) is 0 Å². The Bertz CT molecular complexity index is 1240. The number of rotatable bonds is 8. The Morgan fingerprint density at radius 1 is 0.676 bits per heavy atom. The largest absolute Gasteiger partial charge is 0.345 e. The predicted molar refractivity (Wildman–Crippen MR) is 123 cm³/mol. The molecule has 0 unspecified atom stereocenters. The second-order valence-electron chi connectivity index (χ2n) is 6.92. The van der Waals surface area contributed by atoms with Crippen molar-refractivity contribution in [3.8, 4) is 0 Å². The van der Waals surface area contributed by atoms with Crippen LogP contribution in [0, 0.1) is 17.5 Å². The van der Waals surface area contributed by atoms with Gasteiger partial charge in [-0.1, -0.05) is 24.3 Å². The van der Waals surface area contributed by atoms with E-state index >= 15 is 0 Å². The summed E-state index contributed by atoms with van der Waals surface area (Å²) in [6, 6.07) is 17.1. The monoisotopic (exact) mass is 465 g/mol. The minimum absolute atomic E-state index is 0.0260. The van der Waals surface area contributed by atoms with E-state index in [1.807, 2.05) is 0 Å². The third-order valence-corrected chi connectivity index (χ3v) is 4.41. The maximum absolute atomic E-state index is 14.1. The topological polar surface area (TPSA) is 104 Å². The molecule has 0 saturated heterocycles. The van der Waals surface area contributed by atoms with Crippen molar-refractivity contribution in [3.05, 3.63) is 90.2 Å². The summed E-state index contributed by atoms with van der Waals surface area (Å²) in [6.45, 7) is -0.236. The molecule has 34 heavy (non-hydrogen) atoms. The molecule has 1 aromatic heterocycles. The van der Waals surface area contributed by atoms with Crippen LogP contribution in [0.1, 0.15) is 0 Å². The second kappa shape index (κ2) is 10.3. The molecule has 172 valence electrons. The third kappa shape index (κ3) is 5.97. The van der Waals surface area contributed by atoms with Crippen LogP contribution < -0.4 is 21.3 Å². The molecule has 4 N–H and O–H groups in total. The smallest absolute Gasteiger partial charge is 0.243 e. The van der Waals surface area contributed by atoms with E-state index in [-0.39, 0.29) is 35.8 Å². The van der Waals surface area contributed by atoms with Gasteiger partial charge in [-0.25, -0.2) is 13.2 Å². The molecule has 0 saturated carbocycles. The number of hydrogen-bond donors (Lipinski definition) is 4. The highest BCUT2D eigenvalue weighted by atomic mass is 19.1. The van der Waals surface area contributed by atoms with Gasteiger partial charge in [-0.2, -0.15) is 15.0 Å². The van der Waals surface area contributed by atoms with Gasteiger partial charge in [0.2, 0.25) is 23.8 Å². The molecule has 0 bridgehead atoms. The van der Waals surface area contributed by atoms with Crippen molar-refractivity contribution in [3.63, 3.8) is 0 Å². The maximum atomic E-state index is 14.1. The Labute approximate surface area is 192 Å². The average molecular weight is 465 g/mol. The molecular weight excluding hydrogens is 447 g/mol. The van der Waals surface area contributed by atoms with Crippen molar-refractivity contribution in [2.24, 2.45) is 0 Å². The van der Waals surface area contributed by atoms with Crippen LogP contribution in [0.3, 0.4) is 0 Å². The number of benzene rings is 3. The summed E-state index contributed by atoms with van der Waals surface area (Å²) in [7, 11) is 0. The summed E-state index contributed by atoms with van der Waals surface area (Å²) in [5.41, 5.74) is 0.642. The molecule has 4 rings (SSSR count). The molecule has 8 nitrogen and oxygen atoms in total. The van der Waals surface area contributed by atoms with Crippen molar-refractivity contribution in [2.45, 2.75) is 0 Å². The van der Waals surface area contributed by atoms with Crippen LogP contribution in [-0.4, -0.2) is 27.4 Å². The Kier molecular flexibility index (Phi) is 6.82. The van der Waals surface area contributed by atoms with Crippen LogP contribution in [0.25, 0.3) is 0 Å². The first-order valence-corrected chi connectivity index (χ1v) is 10.0. The van der Waals surface area contributed by atoms with E-state index in [9.17, 15) is 18.0 Å². The fraction of sp³-hybridized carbons (Fsp3) is 0.0435. The summed E-state index contributed by atoms with van der Waals surface area (Å²) in [5.74, 6) is -2.03. The van der Waals surface area contributed by atoms with E-state index in [1.165, 1.54) is 60.7 Å². The number of halogens is 3. The summed E-state index contributed by atoms with van der Waals surface area (Å²) >= 11 is 0. The molecule has 0 atom stereocenters. The predicted octanol–water partition coefficient (Wildman–Crippen LogP) is 4.83. The number of carbonyl (C=O) groups is 1. The Balaban J connectivity index is 1.53. The second-order valence-corrected chi connectivity index (χ2v) is 6.92. The number of para-hydroxylation sites is 2. The number of carbonyl (C=O) groups excluding carboxylic acids is 1. The number of amides is 1. The molecule has 0 aliphatic heterocycles. The van der Waals surface area contributed by atoms with E-state index in [1.54, 1.807) is 12.1 Å². The van der Waals surface area contributed by atoms with Crippen molar-refractivity contribution in [2.75, 3.05) is 27.8 Å². The van der Waals surface area contributed by atoms with Gasteiger partial charge in [0.25, 0.3) is 0 Å². The first-order chi connectivity index (χ1) is 16.5. The maximum Gasteiger partial charge on any atom is 0.243 e. The van der Waals surface area contributed by atoms with E-state index < -0.39 is 23.4 Å². The van der Waals surface area contributed by atoms with Crippen molar-refractivity contribution in [1.82, 2.24) is 15.0 Å². The number of nitrogens with one attached hydrogen (secondary N) is 4. The molecule has 0 radical (unpaired) electrons. The normalized spacial score (nSPS) is 10.4. The minimum Gasteiger partial charge on any atom is -0.345 e. The lowest BCUT2D eigenvalue weighted by atomic mass is 10.3. The molecule has 0 aliphatic rings. The fourth-order valence-electron chi connectivity index (χ4n) is 2.83. The van der Waals surface area contributed by atoms with E-state index in [4.69, 9.17) is 0 Å². The van der Waals surface area contributed by atoms with Gasteiger partial charge < -0.3 is 21.3 Å². The van der Waals surface area contributed by atoms with Crippen molar-refractivity contribution < 1.29 is 18.0 Å². The molecule has 1 heterocycles. The van der Waals surface area contributed by atoms with Crippen LogP contribution in [0.5, 0.6) is 0 Å². The summed E-state index contributed by atoms with van der Waals surface area (Å²) in [5, 5.41) is 10.8. The highest BCUT2D eigenvalue weighted by Gasteiger charge is 2.12. The fourth-order valence-corrected chi connectivity index (χ4v) is 2.83. The van der Waals surface area contributed by atoms with Crippen LogP contribution in [0.2, 0.25) is 0 Å². The zero-order chi connectivity index (χ0) is 23.9. The number of anilines is 6. The van der Waals surface area contributed by atoms with Crippen LogP contribution >= 0.6 is 0 Å². The Morgan fingerprint density at radius 2 is 1.18 bits per heavy atom. The average Bonchev–Trinajstić information content (AvgIpc) is 2.82.